The quantitative estimate of drug-likeness (QED) is 0.281. The van der Waals surface area contributed by atoms with Crippen LogP contribution in [-0.2, 0) is 0 Å². The zero-order chi connectivity index (χ0) is 23.2. The fraction of sp³-hybridized carbons (Fsp3) is 0.148. The number of anilines is 1. The van der Waals surface area contributed by atoms with Crippen molar-refractivity contribution in [1.29, 1.82) is 10.5 Å². The maximum Gasteiger partial charge on any atom is 0.185 e. The van der Waals surface area contributed by atoms with E-state index in [0.717, 1.165) is 20.4 Å². The topological polar surface area (TPSA) is 67.9 Å². The van der Waals surface area contributed by atoms with Crippen LogP contribution in [0.3, 0.4) is 0 Å². The summed E-state index contributed by atoms with van der Waals surface area (Å²) in [6.07, 6.45) is 3.76. The molecule has 6 heteroatoms. The molecule has 33 heavy (non-hydrogen) atoms. The lowest BCUT2D eigenvalue weighted by molar-refractivity contribution is 0.0951. The number of benzene rings is 3. The lowest BCUT2D eigenvalue weighted by atomic mass is 9.69. The molecule has 0 aromatic heterocycles. The highest BCUT2D eigenvalue weighted by molar-refractivity contribution is 14.1. The van der Waals surface area contributed by atoms with Crippen molar-refractivity contribution in [2.24, 2.45) is 5.41 Å². The van der Waals surface area contributed by atoms with E-state index in [9.17, 15) is 15.3 Å². The van der Waals surface area contributed by atoms with Crippen molar-refractivity contribution >= 4 is 51.7 Å². The van der Waals surface area contributed by atoms with Crippen molar-refractivity contribution in [2.45, 2.75) is 18.0 Å². The second kappa shape index (κ2) is 8.33. The summed E-state index contributed by atoms with van der Waals surface area (Å²) in [7, 11) is 0. The van der Waals surface area contributed by atoms with E-state index in [2.05, 4.69) is 34.7 Å². The Labute approximate surface area is 210 Å². The molecule has 0 unspecified atom stereocenters. The molecule has 1 fully saturated rings. The van der Waals surface area contributed by atoms with Crippen LogP contribution in [0.15, 0.2) is 78.9 Å². The van der Waals surface area contributed by atoms with Crippen LogP contribution in [0, 0.1) is 31.6 Å². The Morgan fingerprint density at radius 3 is 2.39 bits per heavy atom. The Hall–Kier alpha value is -3.13. The summed E-state index contributed by atoms with van der Waals surface area (Å²) in [5, 5.41) is 21.5. The third-order valence-corrected chi connectivity index (χ3v) is 7.75. The number of nitrogens with zero attached hydrogens (tertiary/aromatic N) is 3. The maximum atomic E-state index is 14.1. The molecule has 0 radical (unpaired) electrons. The van der Waals surface area contributed by atoms with Crippen LogP contribution in [0.25, 0.3) is 6.08 Å². The summed E-state index contributed by atoms with van der Waals surface area (Å²) in [6, 6.07) is 25.6. The van der Waals surface area contributed by atoms with Crippen molar-refractivity contribution in [3.63, 3.8) is 0 Å². The number of Topliss-reactive ketones (excluding diaryl/α,β-unsaturated/α-hetero) is 1. The average molecular weight is 562 g/mol. The molecule has 3 atom stereocenters. The van der Waals surface area contributed by atoms with Crippen LogP contribution in [0.4, 0.5) is 5.69 Å². The molecule has 0 N–H and O–H groups in total. The highest BCUT2D eigenvalue weighted by Crippen LogP contribution is 2.56. The molecule has 0 saturated carbocycles. The Morgan fingerprint density at radius 1 is 1.00 bits per heavy atom. The first kappa shape index (κ1) is 21.7. The molecule has 4 nitrogen and oxygen atoms in total. The SMILES string of the molecule is N#CC1(C#N)[C@H](c2ccccc2I)[C@H](C(=O)c2ccccc2)N2c3ccc(Cl)cc3C=C[C@@H]21. The number of hydrogen-bond donors (Lipinski definition) is 0. The summed E-state index contributed by atoms with van der Waals surface area (Å²) >= 11 is 8.47. The molecule has 0 bridgehead atoms. The second-order valence-electron chi connectivity index (χ2n) is 8.18. The van der Waals surface area contributed by atoms with Gasteiger partial charge in [-0.1, -0.05) is 72.3 Å². The third-order valence-electron chi connectivity index (χ3n) is 6.54. The highest BCUT2D eigenvalue weighted by Gasteiger charge is 2.63. The van der Waals surface area contributed by atoms with Gasteiger partial charge >= 0.3 is 0 Å². The summed E-state index contributed by atoms with van der Waals surface area (Å²) in [4.78, 5) is 16.0. The normalized spacial score (nSPS) is 22.1. The highest BCUT2D eigenvalue weighted by atomic mass is 127. The van der Waals surface area contributed by atoms with E-state index in [1.807, 2.05) is 71.6 Å². The minimum Gasteiger partial charge on any atom is -0.351 e. The first-order valence-electron chi connectivity index (χ1n) is 10.4. The predicted octanol–water partition coefficient (Wildman–Crippen LogP) is 6.23. The van der Waals surface area contributed by atoms with Gasteiger partial charge in [-0.15, -0.1) is 0 Å². The van der Waals surface area contributed by atoms with Crippen LogP contribution >= 0.6 is 34.2 Å². The van der Waals surface area contributed by atoms with E-state index >= 15 is 0 Å². The number of fused-ring (bicyclic) bond motifs is 3. The van der Waals surface area contributed by atoms with E-state index in [4.69, 9.17) is 11.6 Å². The molecule has 160 valence electrons. The Kier molecular flexibility index (Phi) is 5.48. The lowest BCUT2D eigenvalue weighted by Gasteiger charge is -2.35. The molecule has 2 aliphatic heterocycles. The van der Waals surface area contributed by atoms with E-state index in [1.54, 1.807) is 18.2 Å². The zero-order valence-corrected chi connectivity index (χ0v) is 20.2. The number of ketones is 1. The van der Waals surface area contributed by atoms with Crippen molar-refractivity contribution in [3.05, 3.63) is 104 Å². The summed E-state index contributed by atoms with van der Waals surface area (Å²) in [6.45, 7) is 0. The van der Waals surface area contributed by atoms with Gasteiger partial charge in [0.05, 0.1) is 18.2 Å². The maximum absolute atomic E-state index is 14.1. The van der Waals surface area contributed by atoms with Gasteiger partial charge in [-0.05, 0) is 58.0 Å². The molecule has 1 saturated heterocycles. The molecule has 2 aliphatic rings. The van der Waals surface area contributed by atoms with Gasteiger partial charge in [-0.2, -0.15) is 10.5 Å². The van der Waals surface area contributed by atoms with Gasteiger partial charge in [0.15, 0.2) is 11.2 Å². The van der Waals surface area contributed by atoms with E-state index in [0.29, 0.717) is 10.6 Å². The summed E-state index contributed by atoms with van der Waals surface area (Å²) in [5.41, 5.74) is 1.58. The molecular weight excluding hydrogens is 545 g/mol. The molecule has 0 amide bonds. The third kappa shape index (κ3) is 3.27. The van der Waals surface area contributed by atoms with Gasteiger partial charge in [0, 0.05) is 25.8 Å². The van der Waals surface area contributed by atoms with Crippen molar-refractivity contribution < 1.29 is 4.79 Å². The number of carbonyl (C=O) groups excluding carboxylic acids is 1. The van der Waals surface area contributed by atoms with Crippen LogP contribution in [-0.4, -0.2) is 17.9 Å². The van der Waals surface area contributed by atoms with Gasteiger partial charge in [-0.25, -0.2) is 0 Å². The van der Waals surface area contributed by atoms with Crippen molar-refractivity contribution in [3.8, 4) is 12.1 Å². The number of rotatable bonds is 3. The summed E-state index contributed by atoms with van der Waals surface area (Å²) in [5.74, 6) is -0.765. The van der Waals surface area contributed by atoms with Crippen LogP contribution in [0.2, 0.25) is 5.02 Å². The van der Waals surface area contributed by atoms with Gasteiger partial charge < -0.3 is 4.90 Å². The number of nitriles is 2. The van der Waals surface area contributed by atoms with Crippen LogP contribution in [0.5, 0.6) is 0 Å². The van der Waals surface area contributed by atoms with E-state index in [1.165, 1.54) is 0 Å². The van der Waals surface area contributed by atoms with Gasteiger partial charge in [-0.3, -0.25) is 4.79 Å². The van der Waals surface area contributed by atoms with E-state index < -0.39 is 23.4 Å². The number of hydrogen-bond acceptors (Lipinski definition) is 4. The molecule has 0 spiro atoms. The summed E-state index contributed by atoms with van der Waals surface area (Å²) < 4.78 is 0.918. The second-order valence-corrected chi connectivity index (χ2v) is 9.78. The minimum absolute atomic E-state index is 0.117. The van der Waals surface area contributed by atoms with Crippen LogP contribution in [0.1, 0.15) is 27.4 Å². The molecular formula is C27H17ClIN3O. The molecule has 2 heterocycles. The zero-order valence-electron chi connectivity index (χ0n) is 17.3. The van der Waals surface area contributed by atoms with Gasteiger partial charge in [0.1, 0.15) is 6.04 Å². The minimum atomic E-state index is -1.45. The first-order valence-corrected chi connectivity index (χ1v) is 11.9. The fourth-order valence-corrected chi connectivity index (χ4v) is 6.01. The fourth-order valence-electron chi connectivity index (χ4n) is 5.11. The van der Waals surface area contributed by atoms with Crippen molar-refractivity contribution in [2.75, 3.05) is 4.90 Å². The average Bonchev–Trinajstić information content (AvgIpc) is 3.14. The monoisotopic (exact) mass is 561 g/mol. The first-order chi connectivity index (χ1) is 16.0. The van der Waals surface area contributed by atoms with Crippen molar-refractivity contribution in [1.82, 2.24) is 0 Å². The lowest BCUT2D eigenvalue weighted by Crippen LogP contribution is -2.44. The molecule has 0 aliphatic carbocycles. The predicted molar refractivity (Wildman–Crippen MR) is 137 cm³/mol. The molecule has 3 aromatic rings. The van der Waals surface area contributed by atoms with Gasteiger partial charge in [0.25, 0.3) is 0 Å². The Balaban J connectivity index is 1.81. The standard InChI is InChI=1S/C27H17ClIN3O/c28-19-11-12-22-18(14-19)10-13-23-27(15-30,16-31)24(20-8-4-5-9-21(20)29)25(32(22)23)26(33)17-6-2-1-3-7-17/h1-14,23-25H/t23-,24-,25-/m1/s1. The van der Waals surface area contributed by atoms with E-state index in [-0.39, 0.29) is 5.78 Å². The number of carbonyl (C=O) groups is 1. The Morgan fingerprint density at radius 2 is 1.70 bits per heavy atom. The molecule has 3 aromatic carbocycles. The van der Waals surface area contributed by atoms with Gasteiger partial charge in [0.2, 0.25) is 0 Å². The number of halogens is 2. The largest absolute Gasteiger partial charge is 0.351 e. The van der Waals surface area contributed by atoms with Crippen LogP contribution < -0.4 is 4.90 Å². The molecule has 5 rings (SSSR count). The Bertz CT molecular complexity index is 1360. The smallest absolute Gasteiger partial charge is 0.185 e.